The number of rotatable bonds is 4. The van der Waals surface area contributed by atoms with E-state index in [1.807, 2.05) is 0 Å². The van der Waals surface area contributed by atoms with E-state index in [1.54, 1.807) is 0 Å². The maximum absolute atomic E-state index is 13.7. The van der Waals surface area contributed by atoms with Gasteiger partial charge < -0.3 is 5.11 Å². The summed E-state index contributed by atoms with van der Waals surface area (Å²) < 4.78 is 0. The molecule has 1 aromatic rings. The van der Waals surface area contributed by atoms with Crippen LogP contribution in [0.3, 0.4) is 0 Å². The predicted molar refractivity (Wildman–Crippen MR) is 112 cm³/mol. The molecule has 4 aliphatic carbocycles. The Morgan fingerprint density at radius 2 is 1.71 bits per heavy atom. The zero-order valence-corrected chi connectivity index (χ0v) is 17.6. The molecule has 0 spiro atoms. The maximum atomic E-state index is 13.7. The van der Waals surface area contributed by atoms with Crippen LogP contribution < -0.4 is 0 Å². The standard InChI is InChI=1S/C25H33NO2/c1-15-4-19-13-24(2,3)26-22(21(19)8-20(15)14-27)9-23(28)25-10-16-5-17(11-25)7-18(6-16)12-25/h4,8,16-18,27H,5-7,9-14H2,1-3H3. The smallest absolute Gasteiger partial charge is 0.145 e. The molecular weight excluding hydrogens is 346 g/mol. The number of aliphatic imine (C=N–C) groups is 1. The molecule has 1 aromatic carbocycles. The normalized spacial score (nSPS) is 34.9. The Morgan fingerprint density at radius 1 is 1.11 bits per heavy atom. The van der Waals surface area contributed by atoms with Gasteiger partial charge in [0, 0.05) is 11.8 Å². The Hall–Kier alpha value is -1.48. The van der Waals surface area contributed by atoms with Crippen LogP contribution in [0.4, 0.5) is 0 Å². The highest BCUT2D eigenvalue weighted by Gasteiger charge is 2.54. The van der Waals surface area contributed by atoms with Crippen molar-refractivity contribution in [2.45, 2.75) is 84.3 Å². The first-order valence-electron chi connectivity index (χ1n) is 11.1. The second-order valence-corrected chi connectivity index (χ2v) is 10.9. The van der Waals surface area contributed by atoms with Gasteiger partial charge in [0.1, 0.15) is 5.78 Å². The number of benzene rings is 1. The highest BCUT2D eigenvalue weighted by molar-refractivity contribution is 6.14. The van der Waals surface area contributed by atoms with E-state index in [0.29, 0.717) is 12.2 Å². The van der Waals surface area contributed by atoms with Gasteiger partial charge in [-0.15, -0.1) is 0 Å². The third-order valence-electron chi connectivity index (χ3n) is 8.06. The van der Waals surface area contributed by atoms with Gasteiger partial charge in [-0.05, 0) is 112 Å². The molecule has 28 heavy (non-hydrogen) atoms. The van der Waals surface area contributed by atoms with Gasteiger partial charge in [-0.2, -0.15) is 0 Å². The average Bonchev–Trinajstić information content (AvgIpc) is 2.59. The Bertz CT molecular complexity index is 828. The van der Waals surface area contributed by atoms with Gasteiger partial charge in [0.2, 0.25) is 0 Å². The van der Waals surface area contributed by atoms with Crippen molar-refractivity contribution in [3.05, 3.63) is 34.4 Å². The van der Waals surface area contributed by atoms with Gasteiger partial charge in [0.15, 0.2) is 0 Å². The molecule has 1 heterocycles. The summed E-state index contributed by atoms with van der Waals surface area (Å²) in [6.45, 7) is 6.43. The number of aliphatic hydroxyl groups excluding tert-OH is 1. The largest absolute Gasteiger partial charge is 0.392 e. The van der Waals surface area contributed by atoms with E-state index in [2.05, 4.69) is 32.9 Å². The molecule has 0 saturated heterocycles. The van der Waals surface area contributed by atoms with E-state index in [9.17, 15) is 9.90 Å². The van der Waals surface area contributed by atoms with E-state index in [4.69, 9.17) is 4.99 Å². The SMILES string of the molecule is Cc1cc2c(cc1CO)C(CC(=O)C13CC4CC(CC(C4)C1)C3)=NC(C)(C)C2. The summed E-state index contributed by atoms with van der Waals surface area (Å²) >= 11 is 0. The van der Waals surface area contributed by atoms with Crippen LogP contribution >= 0.6 is 0 Å². The van der Waals surface area contributed by atoms with Gasteiger partial charge in [-0.25, -0.2) is 0 Å². The molecule has 1 aliphatic heterocycles. The van der Waals surface area contributed by atoms with E-state index in [0.717, 1.165) is 65.8 Å². The molecular formula is C25H33NO2. The lowest BCUT2D eigenvalue weighted by atomic mass is 9.48. The minimum Gasteiger partial charge on any atom is -0.392 e. The van der Waals surface area contributed by atoms with E-state index >= 15 is 0 Å². The fourth-order valence-corrected chi connectivity index (χ4v) is 7.26. The highest BCUT2D eigenvalue weighted by Crippen LogP contribution is 2.60. The van der Waals surface area contributed by atoms with Gasteiger partial charge in [-0.3, -0.25) is 9.79 Å². The van der Waals surface area contributed by atoms with Crippen LogP contribution in [0, 0.1) is 30.1 Å². The van der Waals surface area contributed by atoms with Crippen molar-refractivity contribution in [3.63, 3.8) is 0 Å². The maximum Gasteiger partial charge on any atom is 0.145 e. The molecule has 0 atom stereocenters. The first-order valence-corrected chi connectivity index (χ1v) is 11.1. The third-order valence-corrected chi connectivity index (χ3v) is 8.06. The number of hydrogen-bond acceptors (Lipinski definition) is 3. The lowest BCUT2D eigenvalue weighted by Gasteiger charge is -2.56. The van der Waals surface area contributed by atoms with Gasteiger partial charge in [0.25, 0.3) is 0 Å². The van der Waals surface area contributed by atoms with Crippen molar-refractivity contribution in [2.75, 3.05) is 0 Å². The Morgan fingerprint density at radius 3 is 2.29 bits per heavy atom. The van der Waals surface area contributed by atoms with Crippen molar-refractivity contribution in [2.24, 2.45) is 28.2 Å². The number of Topliss-reactive ketones (excluding diaryl/α,β-unsaturated/α-hetero) is 1. The summed E-state index contributed by atoms with van der Waals surface area (Å²) in [7, 11) is 0. The molecule has 0 unspecified atom stereocenters. The number of hydrogen-bond donors (Lipinski definition) is 1. The number of nitrogens with zero attached hydrogens (tertiary/aromatic N) is 1. The first-order chi connectivity index (χ1) is 13.3. The number of carbonyl (C=O) groups is 1. The van der Waals surface area contributed by atoms with E-state index in [1.165, 1.54) is 24.8 Å². The minimum atomic E-state index is -0.169. The molecule has 6 rings (SSSR count). The molecule has 5 aliphatic rings. The van der Waals surface area contributed by atoms with Gasteiger partial charge in [-0.1, -0.05) is 6.07 Å². The Balaban J connectivity index is 1.48. The summed E-state index contributed by atoms with van der Waals surface area (Å²) in [6.07, 6.45) is 8.82. The summed E-state index contributed by atoms with van der Waals surface area (Å²) in [5.74, 6) is 2.81. The van der Waals surface area contributed by atoms with Crippen LogP contribution in [0.15, 0.2) is 17.1 Å². The lowest BCUT2D eigenvalue weighted by molar-refractivity contribution is -0.142. The highest BCUT2D eigenvalue weighted by atomic mass is 16.3. The van der Waals surface area contributed by atoms with Crippen LogP contribution in [0.25, 0.3) is 0 Å². The second kappa shape index (κ2) is 6.26. The van der Waals surface area contributed by atoms with Crippen LogP contribution in [0.2, 0.25) is 0 Å². The molecule has 3 heteroatoms. The van der Waals surface area contributed by atoms with Gasteiger partial charge >= 0.3 is 0 Å². The van der Waals surface area contributed by atoms with Crippen molar-refractivity contribution in [1.82, 2.24) is 0 Å². The fraction of sp³-hybridized carbons (Fsp3) is 0.680. The van der Waals surface area contributed by atoms with Crippen molar-refractivity contribution >= 4 is 11.5 Å². The summed E-state index contributed by atoms with van der Waals surface area (Å²) in [5.41, 5.74) is 5.19. The topological polar surface area (TPSA) is 49.7 Å². The number of ketones is 1. The van der Waals surface area contributed by atoms with Crippen LogP contribution in [-0.2, 0) is 17.8 Å². The quantitative estimate of drug-likeness (QED) is 0.818. The molecule has 4 bridgehead atoms. The Kier molecular flexibility index (Phi) is 4.14. The number of carbonyl (C=O) groups excluding carboxylic acids is 1. The zero-order chi connectivity index (χ0) is 19.7. The van der Waals surface area contributed by atoms with Crippen molar-refractivity contribution in [1.29, 1.82) is 0 Å². The van der Waals surface area contributed by atoms with Crippen LogP contribution in [-0.4, -0.2) is 22.1 Å². The molecule has 0 aromatic heterocycles. The summed E-state index contributed by atoms with van der Waals surface area (Å²) in [6, 6.07) is 4.29. The predicted octanol–water partition coefficient (Wildman–Crippen LogP) is 4.79. The van der Waals surface area contributed by atoms with Crippen molar-refractivity contribution < 1.29 is 9.90 Å². The number of fused-ring (bicyclic) bond motifs is 1. The monoisotopic (exact) mass is 379 g/mol. The Labute approximate surface area is 168 Å². The number of aliphatic hydroxyl groups is 1. The molecule has 0 radical (unpaired) electrons. The molecule has 1 N–H and O–H groups in total. The molecule has 4 fully saturated rings. The third kappa shape index (κ3) is 2.98. The second-order valence-electron chi connectivity index (χ2n) is 10.9. The lowest BCUT2D eigenvalue weighted by Crippen LogP contribution is -2.50. The van der Waals surface area contributed by atoms with E-state index < -0.39 is 0 Å². The zero-order valence-electron chi connectivity index (χ0n) is 17.6. The first kappa shape index (κ1) is 18.5. The molecule has 3 nitrogen and oxygen atoms in total. The molecule has 150 valence electrons. The average molecular weight is 380 g/mol. The molecule has 0 amide bonds. The van der Waals surface area contributed by atoms with E-state index in [-0.39, 0.29) is 17.6 Å². The summed E-state index contributed by atoms with van der Waals surface area (Å²) in [4.78, 5) is 18.7. The minimum absolute atomic E-state index is 0.0404. The summed E-state index contributed by atoms with van der Waals surface area (Å²) in [5, 5.41) is 9.74. The number of aryl methyl sites for hydroxylation is 1. The van der Waals surface area contributed by atoms with Crippen LogP contribution in [0.5, 0.6) is 0 Å². The van der Waals surface area contributed by atoms with Crippen LogP contribution in [0.1, 0.15) is 81.0 Å². The van der Waals surface area contributed by atoms with Crippen molar-refractivity contribution in [3.8, 4) is 0 Å². The molecule has 4 saturated carbocycles. The fourth-order valence-electron chi connectivity index (χ4n) is 7.26. The van der Waals surface area contributed by atoms with Gasteiger partial charge in [0.05, 0.1) is 17.9 Å².